The monoisotopic (exact) mass is 269 g/mol. The number of para-hydroxylation sites is 1. The molecule has 0 bridgehead atoms. The summed E-state index contributed by atoms with van der Waals surface area (Å²) in [6.07, 6.45) is 1.23. The van der Waals surface area contributed by atoms with Crippen molar-refractivity contribution < 1.29 is 13.2 Å². The van der Waals surface area contributed by atoms with Gasteiger partial charge in [0.1, 0.15) is 0 Å². The number of hydrogen-bond acceptors (Lipinski definition) is 3. The first kappa shape index (κ1) is 14.7. The van der Waals surface area contributed by atoms with Gasteiger partial charge in [0, 0.05) is 7.11 Å². The molecule has 1 atom stereocenters. The Labute approximate surface area is 109 Å². The van der Waals surface area contributed by atoms with Gasteiger partial charge in [-0.3, -0.25) is 4.31 Å². The largest absolute Gasteiger partial charge is 0.381 e. The molecule has 0 saturated heterocycles. The molecule has 0 aromatic heterocycles. The number of methoxy groups -OCH3 is 1. The minimum Gasteiger partial charge on any atom is -0.381 e. The number of nitrogens with zero attached hydrogens (tertiary/aromatic N) is 1. The van der Waals surface area contributed by atoms with Gasteiger partial charge in [0.2, 0.25) is 10.0 Å². The molecule has 1 rings (SSSR count). The summed E-state index contributed by atoms with van der Waals surface area (Å²) in [5.74, 6) is -0.0494. The second-order valence-electron chi connectivity index (χ2n) is 3.98. The number of hydrogen-bond donors (Lipinski definition) is 0. The van der Waals surface area contributed by atoms with Crippen molar-refractivity contribution >= 4 is 15.7 Å². The van der Waals surface area contributed by atoms with Crippen molar-refractivity contribution in [3.63, 3.8) is 0 Å². The zero-order valence-electron chi connectivity index (χ0n) is 10.7. The molecule has 100 valence electrons. The zero-order chi connectivity index (χ0) is 13.6. The van der Waals surface area contributed by atoms with Crippen LogP contribution in [0.3, 0.4) is 0 Å². The van der Waals surface area contributed by atoms with Crippen LogP contribution in [-0.2, 0) is 14.8 Å². The molecule has 0 heterocycles. The predicted molar refractivity (Wildman–Crippen MR) is 74.2 cm³/mol. The maximum absolute atomic E-state index is 12.3. The first-order valence-electron chi connectivity index (χ1n) is 5.70. The summed E-state index contributed by atoms with van der Waals surface area (Å²) in [4.78, 5) is 0. The summed E-state index contributed by atoms with van der Waals surface area (Å²) in [7, 11) is -1.91. The van der Waals surface area contributed by atoms with Crippen LogP contribution in [0, 0.1) is 0 Å². The molecule has 0 radical (unpaired) electrons. The van der Waals surface area contributed by atoms with Gasteiger partial charge >= 0.3 is 0 Å². The summed E-state index contributed by atoms with van der Waals surface area (Å²) < 4.78 is 30.9. The maximum atomic E-state index is 12.3. The van der Waals surface area contributed by atoms with E-state index in [1.165, 1.54) is 11.4 Å². The van der Waals surface area contributed by atoms with Crippen LogP contribution in [-0.4, -0.2) is 33.9 Å². The van der Waals surface area contributed by atoms with Gasteiger partial charge in [-0.25, -0.2) is 8.42 Å². The molecule has 0 unspecified atom stereocenters. The van der Waals surface area contributed by atoms with Gasteiger partial charge in [0.15, 0.2) is 0 Å². The summed E-state index contributed by atoms with van der Waals surface area (Å²) in [5.41, 5.74) is 0.640. The van der Waals surface area contributed by atoms with E-state index in [-0.39, 0.29) is 18.4 Å². The molecule has 5 heteroatoms. The first-order valence-corrected chi connectivity index (χ1v) is 7.31. The Morgan fingerprint density at radius 1 is 1.39 bits per heavy atom. The highest BCUT2D eigenvalue weighted by Crippen LogP contribution is 2.18. The molecule has 0 saturated carbocycles. The second-order valence-corrected chi connectivity index (χ2v) is 5.92. The van der Waals surface area contributed by atoms with Gasteiger partial charge in [-0.1, -0.05) is 24.3 Å². The molecule has 0 aliphatic heterocycles. The number of ether oxygens (including phenoxy) is 1. The Bertz CT molecular complexity index is 470. The number of anilines is 1. The molecule has 18 heavy (non-hydrogen) atoms. The fourth-order valence-corrected chi connectivity index (χ4v) is 3.23. The molecule has 0 aliphatic carbocycles. The minimum atomic E-state index is -3.41. The van der Waals surface area contributed by atoms with Crippen LogP contribution in [0.2, 0.25) is 0 Å². The third-order valence-corrected chi connectivity index (χ3v) is 4.44. The quantitative estimate of drug-likeness (QED) is 0.712. The Kier molecular flexibility index (Phi) is 5.37. The van der Waals surface area contributed by atoms with E-state index in [0.717, 1.165) is 0 Å². The standard InChI is InChI=1S/C13H19NO3S/c1-4-10-14(13-8-6-5-7-9-13)18(15,16)11-12(2)17-3/h4-9,12H,1,10-11H2,2-3H3/t12-/m0/s1. The van der Waals surface area contributed by atoms with E-state index in [4.69, 9.17) is 4.74 Å². The fourth-order valence-electron chi connectivity index (χ4n) is 1.55. The van der Waals surface area contributed by atoms with Crippen molar-refractivity contribution in [2.75, 3.05) is 23.7 Å². The third-order valence-electron chi connectivity index (χ3n) is 2.52. The van der Waals surface area contributed by atoms with E-state index in [0.29, 0.717) is 5.69 Å². The molecule has 0 fully saturated rings. The Hall–Kier alpha value is -1.33. The summed E-state index contributed by atoms with van der Waals surface area (Å²) in [6, 6.07) is 8.98. The summed E-state index contributed by atoms with van der Waals surface area (Å²) in [6.45, 7) is 5.58. The lowest BCUT2D eigenvalue weighted by atomic mass is 10.3. The molecule has 1 aromatic carbocycles. The van der Waals surface area contributed by atoms with Gasteiger partial charge in [0.05, 0.1) is 24.1 Å². The van der Waals surface area contributed by atoms with Gasteiger partial charge in [-0.2, -0.15) is 0 Å². The van der Waals surface area contributed by atoms with Gasteiger partial charge in [0.25, 0.3) is 0 Å². The lowest BCUT2D eigenvalue weighted by Crippen LogP contribution is -2.36. The first-order chi connectivity index (χ1) is 8.51. The third kappa shape index (κ3) is 3.85. The van der Waals surface area contributed by atoms with Crippen LogP contribution in [0.1, 0.15) is 6.92 Å². The number of sulfonamides is 1. The van der Waals surface area contributed by atoms with Crippen LogP contribution < -0.4 is 4.31 Å². The molecule has 1 aromatic rings. The van der Waals surface area contributed by atoms with Crippen molar-refractivity contribution in [1.82, 2.24) is 0 Å². The molecular formula is C13H19NO3S. The SMILES string of the molecule is C=CCN(c1ccccc1)S(=O)(=O)C[C@H](C)OC. The summed E-state index contributed by atoms with van der Waals surface area (Å²) in [5, 5.41) is 0. The van der Waals surface area contributed by atoms with E-state index in [9.17, 15) is 8.42 Å². The normalized spacial score (nSPS) is 13.0. The molecule has 0 amide bonds. The molecule has 0 N–H and O–H groups in total. The molecule has 4 nitrogen and oxygen atoms in total. The van der Waals surface area contributed by atoms with Crippen LogP contribution in [0.4, 0.5) is 5.69 Å². The molecular weight excluding hydrogens is 250 g/mol. The topological polar surface area (TPSA) is 46.6 Å². The van der Waals surface area contributed by atoms with E-state index in [1.54, 1.807) is 37.3 Å². The molecule has 0 aliphatic rings. The van der Waals surface area contributed by atoms with E-state index in [2.05, 4.69) is 6.58 Å². The van der Waals surface area contributed by atoms with Crippen molar-refractivity contribution in [3.8, 4) is 0 Å². The van der Waals surface area contributed by atoms with Crippen molar-refractivity contribution in [3.05, 3.63) is 43.0 Å². The minimum absolute atomic E-state index is 0.0494. The van der Waals surface area contributed by atoms with E-state index >= 15 is 0 Å². The number of benzene rings is 1. The predicted octanol–water partition coefficient (Wildman–Crippen LogP) is 2.04. The zero-order valence-corrected chi connectivity index (χ0v) is 11.6. The molecule has 0 spiro atoms. The number of rotatable bonds is 7. The van der Waals surface area contributed by atoms with Gasteiger partial charge in [-0.15, -0.1) is 6.58 Å². The Balaban J connectivity index is 3.02. The second kappa shape index (κ2) is 6.56. The van der Waals surface area contributed by atoms with Gasteiger partial charge < -0.3 is 4.74 Å². The maximum Gasteiger partial charge on any atom is 0.237 e. The van der Waals surface area contributed by atoms with Crippen LogP contribution in [0.15, 0.2) is 43.0 Å². The Morgan fingerprint density at radius 2 is 2.00 bits per heavy atom. The van der Waals surface area contributed by atoms with Crippen molar-refractivity contribution in [2.45, 2.75) is 13.0 Å². The summed E-state index contributed by atoms with van der Waals surface area (Å²) >= 11 is 0. The van der Waals surface area contributed by atoms with Crippen LogP contribution >= 0.6 is 0 Å². The lowest BCUT2D eigenvalue weighted by Gasteiger charge is -2.24. The van der Waals surface area contributed by atoms with Crippen molar-refractivity contribution in [2.24, 2.45) is 0 Å². The smallest absolute Gasteiger partial charge is 0.237 e. The van der Waals surface area contributed by atoms with Crippen molar-refractivity contribution in [1.29, 1.82) is 0 Å². The highest BCUT2D eigenvalue weighted by atomic mass is 32.2. The Morgan fingerprint density at radius 3 is 2.50 bits per heavy atom. The lowest BCUT2D eigenvalue weighted by molar-refractivity contribution is 0.136. The average molecular weight is 269 g/mol. The van der Waals surface area contributed by atoms with Crippen LogP contribution in [0.25, 0.3) is 0 Å². The highest BCUT2D eigenvalue weighted by Gasteiger charge is 2.23. The fraction of sp³-hybridized carbons (Fsp3) is 0.385. The van der Waals surface area contributed by atoms with E-state index < -0.39 is 10.0 Å². The highest BCUT2D eigenvalue weighted by molar-refractivity contribution is 7.92. The van der Waals surface area contributed by atoms with Gasteiger partial charge in [-0.05, 0) is 19.1 Å². The average Bonchev–Trinajstić information content (AvgIpc) is 2.36. The van der Waals surface area contributed by atoms with Crippen LogP contribution in [0.5, 0.6) is 0 Å². The van der Waals surface area contributed by atoms with E-state index in [1.807, 2.05) is 6.07 Å².